The first kappa shape index (κ1) is 19.3. The molecule has 2 aromatic rings. The lowest BCUT2D eigenvalue weighted by molar-refractivity contribution is 0.207. The second-order valence-electron chi connectivity index (χ2n) is 7.70. The third-order valence-corrected chi connectivity index (χ3v) is 5.77. The Morgan fingerprint density at radius 1 is 1.07 bits per heavy atom. The van der Waals surface area contributed by atoms with Gasteiger partial charge >= 0.3 is 6.03 Å². The van der Waals surface area contributed by atoms with Gasteiger partial charge in [0.15, 0.2) is 0 Å². The van der Waals surface area contributed by atoms with E-state index in [9.17, 15) is 4.79 Å². The molecule has 2 aromatic carbocycles. The van der Waals surface area contributed by atoms with Crippen LogP contribution >= 0.6 is 0 Å². The summed E-state index contributed by atoms with van der Waals surface area (Å²) in [6, 6.07) is 18.1. The maximum absolute atomic E-state index is 13.0. The van der Waals surface area contributed by atoms with Crippen molar-refractivity contribution in [2.75, 3.05) is 19.0 Å². The van der Waals surface area contributed by atoms with E-state index in [1.165, 1.54) is 11.1 Å². The first-order valence-corrected chi connectivity index (χ1v) is 10.4. The van der Waals surface area contributed by atoms with Gasteiger partial charge in [-0.25, -0.2) is 4.79 Å². The molecule has 1 aliphatic heterocycles. The van der Waals surface area contributed by atoms with Crippen molar-refractivity contribution in [3.63, 3.8) is 0 Å². The number of nitrogens with zero attached hydrogens (tertiary/aromatic N) is 1. The number of amides is 2. The first-order valence-electron chi connectivity index (χ1n) is 10.4. The van der Waals surface area contributed by atoms with Gasteiger partial charge in [-0.1, -0.05) is 55.0 Å². The van der Waals surface area contributed by atoms with Crippen LogP contribution in [-0.4, -0.2) is 30.6 Å². The Labute approximate surface area is 172 Å². The van der Waals surface area contributed by atoms with Crippen LogP contribution in [0, 0.1) is 0 Å². The molecule has 2 bridgehead atoms. The predicted molar refractivity (Wildman–Crippen MR) is 117 cm³/mol. The lowest BCUT2D eigenvalue weighted by Crippen LogP contribution is -2.39. The minimum atomic E-state index is -0.0239. The van der Waals surface area contributed by atoms with E-state index in [1.54, 1.807) is 7.11 Å². The van der Waals surface area contributed by atoms with Gasteiger partial charge in [-0.15, -0.1) is 0 Å². The number of allylic oxidation sites excluding steroid dienone is 2. The molecule has 29 heavy (non-hydrogen) atoms. The highest BCUT2D eigenvalue weighted by molar-refractivity contribution is 5.90. The monoisotopic (exact) mass is 388 g/mol. The molecular formula is C25H28N2O2. The van der Waals surface area contributed by atoms with E-state index in [1.807, 2.05) is 47.4 Å². The number of benzene rings is 2. The maximum atomic E-state index is 13.0. The third-order valence-electron chi connectivity index (χ3n) is 5.77. The molecule has 0 fully saturated rings. The summed E-state index contributed by atoms with van der Waals surface area (Å²) in [5.74, 6) is 1.05. The summed E-state index contributed by atoms with van der Waals surface area (Å²) in [6.07, 6.45) is 11.3. The van der Waals surface area contributed by atoms with Crippen molar-refractivity contribution in [3.05, 3.63) is 84.0 Å². The van der Waals surface area contributed by atoms with Crippen molar-refractivity contribution < 1.29 is 9.53 Å². The molecular weight excluding hydrogens is 360 g/mol. The second kappa shape index (κ2) is 8.99. The van der Waals surface area contributed by atoms with E-state index in [0.29, 0.717) is 6.54 Å². The number of methoxy groups -OCH3 is 1. The van der Waals surface area contributed by atoms with Crippen LogP contribution in [0.15, 0.2) is 78.4 Å². The van der Waals surface area contributed by atoms with Gasteiger partial charge in [0.2, 0.25) is 0 Å². The van der Waals surface area contributed by atoms with Crippen LogP contribution in [-0.2, 0) is 0 Å². The standard InChI is InChI=1S/C25H28N2O2/c1-29-23-15-13-19(14-16-23)24-12-8-3-2-7-11-22-17-20(24)18-27(22)25(28)26-21-9-5-4-6-10-21/h4-6,8-10,12-17,22,24H,2-3,7,11,18H2,1H3,(H,26,28)/b12-8-. The lowest BCUT2D eigenvalue weighted by atomic mass is 9.89. The van der Waals surface area contributed by atoms with Crippen molar-refractivity contribution in [1.82, 2.24) is 4.90 Å². The van der Waals surface area contributed by atoms with E-state index in [0.717, 1.165) is 37.1 Å². The number of hydrogen-bond donors (Lipinski definition) is 1. The molecule has 2 atom stereocenters. The molecule has 0 saturated carbocycles. The largest absolute Gasteiger partial charge is 0.497 e. The van der Waals surface area contributed by atoms with Gasteiger partial charge in [0, 0.05) is 18.2 Å². The topological polar surface area (TPSA) is 41.6 Å². The summed E-state index contributed by atoms with van der Waals surface area (Å²) >= 11 is 0. The summed E-state index contributed by atoms with van der Waals surface area (Å²) in [7, 11) is 1.69. The number of hydrogen-bond acceptors (Lipinski definition) is 2. The third kappa shape index (κ3) is 4.53. The number of nitrogens with one attached hydrogen (secondary N) is 1. The molecule has 0 radical (unpaired) electrons. The molecule has 150 valence electrons. The number of fused-ring (bicyclic) bond motifs is 1. The molecule has 2 unspecified atom stereocenters. The Kier molecular flexibility index (Phi) is 5.99. The van der Waals surface area contributed by atoms with Gasteiger partial charge in [0.1, 0.15) is 5.75 Å². The van der Waals surface area contributed by atoms with Crippen LogP contribution in [0.25, 0.3) is 0 Å². The number of ether oxygens (including phenoxy) is 1. The van der Waals surface area contributed by atoms with Crippen molar-refractivity contribution in [3.8, 4) is 5.75 Å². The Hall–Kier alpha value is -3.01. The summed E-state index contributed by atoms with van der Waals surface area (Å²) in [4.78, 5) is 15.0. The SMILES string of the molecule is COc1ccc(C2/C=C\CCCCC3C=C2CN3C(=O)Nc2ccccc2)cc1. The van der Waals surface area contributed by atoms with Crippen LogP contribution in [0.3, 0.4) is 0 Å². The number of carbonyl (C=O) groups is 1. The predicted octanol–water partition coefficient (Wildman–Crippen LogP) is 5.75. The summed E-state index contributed by atoms with van der Waals surface area (Å²) in [6.45, 7) is 0.657. The van der Waals surface area contributed by atoms with Crippen LogP contribution in [0.4, 0.5) is 10.5 Å². The molecule has 1 heterocycles. The van der Waals surface area contributed by atoms with Crippen molar-refractivity contribution in [1.29, 1.82) is 0 Å². The molecule has 0 aromatic heterocycles. The van der Waals surface area contributed by atoms with Gasteiger partial charge in [-0.3, -0.25) is 0 Å². The van der Waals surface area contributed by atoms with E-state index >= 15 is 0 Å². The summed E-state index contributed by atoms with van der Waals surface area (Å²) < 4.78 is 5.31. The van der Waals surface area contributed by atoms with Crippen LogP contribution in [0.5, 0.6) is 5.75 Å². The lowest BCUT2D eigenvalue weighted by Gasteiger charge is -2.25. The Bertz CT molecular complexity index is 887. The van der Waals surface area contributed by atoms with Gasteiger partial charge < -0.3 is 15.0 Å². The first-order chi connectivity index (χ1) is 14.2. The van der Waals surface area contributed by atoms with E-state index < -0.39 is 0 Å². The normalized spacial score (nSPS) is 22.5. The van der Waals surface area contributed by atoms with E-state index in [-0.39, 0.29) is 18.0 Å². The number of anilines is 1. The van der Waals surface area contributed by atoms with Crippen LogP contribution < -0.4 is 10.1 Å². The summed E-state index contributed by atoms with van der Waals surface area (Å²) in [5, 5.41) is 3.06. The highest BCUT2D eigenvalue weighted by Crippen LogP contribution is 2.35. The fraction of sp³-hybridized carbons (Fsp3) is 0.320. The van der Waals surface area contributed by atoms with Gasteiger partial charge in [-0.05, 0) is 54.7 Å². The number of urea groups is 1. The molecule has 2 amide bonds. The smallest absolute Gasteiger partial charge is 0.322 e. The molecule has 1 aliphatic carbocycles. The zero-order valence-corrected chi connectivity index (χ0v) is 16.9. The van der Waals surface area contributed by atoms with Gasteiger partial charge in [0.25, 0.3) is 0 Å². The highest BCUT2D eigenvalue weighted by atomic mass is 16.5. The van der Waals surface area contributed by atoms with Crippen molar-refractivity contribution in [2.24, 2.45) is 0 Å². The molecule has 0 saturated heterocycles. The Morgan fingerprint density at radius 2 is 1.86 bits per heavy atom. The van der Waals surface area contributed by atoms with Gasteiger partial charge in [0.05, 0.1) is 13.2 Å². The zero-order chi connectivity index (χ0) is 20.1. The molecule has 2 aliphatic rings. The molecule has 4 heteroatoms. The summed E-state index contributed by atoms with van der Waals surface area (Å²) in [5.41, 5.74) is 3.36. The minimum absolute atomic E-state index is 0.0239. The minimum Gasteiger partial charge on any atom is -0.497 e. The maximum Gasteiger partial charge on any atom is 0.322 e. The van der Waals surface area contributed by atoms with Crippen molar-refractivity contribution in [2.45, 2.75) is 37.6 Å². The molecule has 0 spiro atoms. The second-order valence-corrected chi connectivity index (χ2v) is 7.70. The average molecular weight is 389 g/mol. The highest BCUT2D eigenvalue weighted by Gasteiger charge is 2.32. The fourth-order valence-corrected chi connectivity index (χ4v) is 4.19. The zero-order valence-electron chi connectivity index (χ0n) is 16.9. The number of para-hydroxylation sites is 1. The molecule has 4 nitrogen and oxygen atoms in total. The fourth-order valence-electron chi connectivity index (χ4n) is 4.19. The Morgan fingerprint density at radius 3 is 2.62 bits per heavy atom. The van der Waals surface area contributed by atoms with Crippen LogP contribution in [0.2, 0.25) is 0 Å². The van der Waals surface area contributed by atoms with Crippen molar-refractivity contribution >= 4 is 11.7 Å². The molecule has 1 N–H and O–H groups in total. The average Bonchev–Trinajstić information content (AvgIpc) is 3.17. The molecule has 4 rings (SSSR count). The number of carbonyl (C=O) groups excluding carboxylic acids is 1. The Balaban J connectivity index is 1.57. The van der Waals surface area contributed by atoms with E-state index in [4.69, 9.17) is 4.74 Å². The quantitative estimate of drug-likeness (QED) is 0.680. The van der Waals surface area contributed by atoms with Gasteiger partial charge in [-0.2, -0.15) is 0 Å². The van der Waals surface area contributed by atoms with Crippen LogP contribution in [0.1, 0.15) is 37.2 Å². The number of rotatable bonds is 3. The van der Waals surface area contributed by atoms with E-state index in [2.05, 4.69) is 35.7 Å².